The van der Waals surface area contributed by atoms with Crippen molar-refractivity contribution in [3.8, 4) is 0 Å². The van der Waals surface area contributed by atoms with E-state index >= 15 is 0 Å². The van der Waals surface area contributed by atoms with Gasteiger partial charge in [-0.25, -0.2) is 14.2 Å². The summed E-state index contributed by atoms with van der Waals surface area (Å²) in [7, 11) is 0. The van der Waals surface area contributed by atoms with Crippen LogP contribution in [0, 0.1) is 28.6 Å². The van der Waals surface area contributed by atoms with E-state index in [1.54, 1.807) is 22.9 Å². The average molecular weight is 538 g/mol. The lowest BCUT2D eigenvalue weighted by Gasteiger charge is -2.61. The van der Waals surface area contributed by atoms with Crippen molar-refractivity contribution in [2.45, 2.75) is 84.1 Å². The lowest BCUT2D eigenvalue weighted by Crippen LogP contribution is -2.75. The van der Waals surface area contributed by atoms with Gasteiger partial charge in [-0.05, 0) is 91.6 Å². The van der Waals surface area contributed by atoms with Gasteiger partial charge in [0, 0.05) is 18.9 Å². The highest BCUT2D eigenvalue weighted by atomic mass is 16.4. The number of piperazine rings is 1. The Kier molecular flexibility index (Phi) is 6.48. The van der Waals surface area contributed by atoms with Crippen LogP contribution < -0.4 is 16.7 Å². The molecule has 1 saturated heterocycles. The molecule has 8 heteroatoms. The average Bonchev–Trinajstić information content (AvgIpc) is 3.26. The number of carbonyl (C=O) groups is 2. The zero-order valence-electron chi connectivity index (χ0n) is 23.8. The molecule has 0 bridgehead atoms. The number of nitrogens with zero attached hydrogens (tertiary/aromatic N) is 2. The Morgan fingerprint density at radius 3 is 2.69 bits per heavy atom. The van der Waals surface area contributed by atoms with Crippen molar-refractivity contribution in [2.75, 3.05) is 26.2 Å². The SMILES string of the molecule is CCN(C(N)=O)[N+]1([C@H]2CC[C@@]3(C)[C@H](CC[C@H]4C5=CC[C@H](c6ccc(=O)oc6)[C@@]5(C)CC[C@@H]43)C2)CCNC(=O)C1. The third-order valence-electron chi connectivity index (χ3n) is 12.1. The minimum Gasteiger partial charge on any atom is -0.431 e. The molecule has 1 aromatic heterocycles. The predicted molar refractivity (Wildman–Crippen MR) is 148 cm³/mol. The molecule has 1 aliphatic heterocycles. The normalized spacial score (nSPS) is 41.5. The second-order valence-corrected chi connectivity index (χ2v) is 13.5. The zero-order valence-corrected chi connectivity index (χ0v) is 23.8. The number of primary amides is 1. The van der Waals surface area contributed by atoms with Crippen molar-refractivity contribution in [1.82, 2.24) is 10.3 Å². The van der Waals surface area contributed by atoms with Gasteiger partial charge in [-0.1, -0.05) is 25.5 Å². The van der Waals surface area contributed by atoms with E-state index in [0.29, 0.717) is 47.9 Å². The monoisotopic (exact) mass is 537 g/mol. The van der Waals surface area contributed by atoms with E-state index < -0.39 is 6.03 Å². The summed E-state index contributed by atoms with van der Waals surface area (Å²) in [6.45, 7) is 9.11. The molecule has 39 heavy (non-hydrogen) atoms. The standard InChI is InChI=1S/C31H44N4O4/c1-4-34(29(32)38)35(16-15-33-27(36)18-35)22-11-13-30(2)21(17-22)6-7-23-25-9-8-24(20-5-10-28(37)39-19-20)31(25,3)14-12-26(23)30/h5,9-10,19,21-24,26H,4,6-8,11-18H2,1-3H3,(H2-,32,33,36,38)/p+1/t21-,22+,23+,24-,26+,30+,31-,35?/m1/s1. The molecule has 6 rings (SSSR count). The number of quaternary nitrogens is 1. The number of rotatable bonds is 4. The largest absolute Gasteiger partial charge is 0.431 e. The Morgan fingerprint density at radius 2 is 2.00 bits per heavy atom. The molecule has 3 saturated carbocycles. The van der Waals surface area contributed by atoms with Gasteiger partial charge in [0.25, 0.3) is 5.91 Å². The number of fused-ring (bicyclic) bond motifs is 5. The number of hydrogen-bond acceptors (Lipinski definition) is 4. The maximum atomic E-state index is 12.6. The van der Waals surface area contributed by atoms with Crippen molar-refractivity contribution in [1.29, 1.82) is 0 Å². The lowest BCUT2D eigenvalue weighted by molar-refractivity contribution is -1.04. The van der Waals surface area contributed by atoms with Gasteiger partial charge in [0.1, 0.15) is 12.6 Å². The summed E-state index contributed by atoms with van der Waals surface area (Å²) < 4.78 is 5.66. The summed E-state index contributed by atoms with van der Waals surface area (Å²) in [4.78, 5) is 36.8. The third kappa shape index (κ3) is 3.99. The van der Waals surface area contributed by atoms with Crippen LogP contribution in [0.4, 0.5) is 4.79 Å². The minimum atomic E-state index is -0.420. The zero-order chi connectivity index (χ0) is 27.6. The fourth-order valence-corrected chi connectivity index (χ4v) is 10.2. The van der Waals surface area contributed by atoms with Crippen LogP contribution in [0.5, 0.6) is 0 Å². The highest BCUT2D eigenvalue weighted by Crippen LogP contribution is 2.67. The number of urea groups is 1. The molecule has 0 aromatic carbocycles. The Labute approximate surface area is 231 Å². The first-order valence-corrected chi connectivity index (χ1v) is 15.1. The quantitative estimate of drug-likeness (QED) is 0.441. The van der Waals surface area contributed by atoms with Crippen LogP contribution >= 0.6 is 0 Å². The van der Waals surface area contributed by atoms with Crippen LogP contribution in [0.25, 0.3) is 0 Å². The van der Waals surface area contributed by atoms with Crippen molar-refractivity contribution < 1.29 is 18.6 Å². The van der Waals surface area contributed by atoms with Crippen molar-refractivity contribution >= 4 is 11.9 Å². The molecule has 0 spiro atoms. The summed E-state index contributed by atoms with van der Waals surface area (Å²) in [5, 5.41) is 4.74. The van der Waals surface area contributed by atoms with Gasteiger partial charge in [-0.2, -0.15) is 5.01 Å². The van der Waals surface area contributed by atoms with Gasteiger partial charge in [-0.3, -0.25) is 4.79 Å². The van der Waals surface area contributed by atoms with Crippen molar-refractivity contribution in [3.05, 3.63) is 46.0 Å². The summed E-state index contributed by atoms with van der Waals surface area (Å²) in [6, 6.07) is 3.35. The summed E-state index contributed by atoms with van der Waals surface area (Å²) >= 11 is 0. The van der Waals surface area contributed by atoms with E-state index in [2.05, 4.69) is 25.2 Å². The molecule has 4 aliphatic carbocycles. The van der Waals surface area contributed by atoms with Crippen LogP contribution in [0.15, 0.2) is 39.3 Å². The fraction of sp³-hybridized carbons (Fsp3) is 0.710. The van der Waals surface area contributed by atoms with Crippen LogP contribution in [0.1, 0.15) is 83.6 Å². The van der Waals surface area contributed by atoms with Gasteiger partial charge in [0.2, 0.25) is 0 Å². The number of allylic oxidation sites excluding steroid dienone is 2. The van der Waals surface area contributed by atoms with Crippen LogP contribution in [0.3, 0.4) is 0 Å². The predicted octanol–water partition coefficient (Wildman–Crippen LogP) is 4.32. The molecule has 0 radical (unpaired) electrons. The van der Waals surface area contributed by atoms with Crippen LogP contribution in [-0.2, 0) is 4.79 Å². The topological polar surface area (TPSA) is 106 Å². The van der Waals surface area contributed by atoms with E-state index in [-0.39, 0.29) is 28.4 Å². The minimum absolute atomic E-state index is 0.0185. The number of hydrogen-bond donors (Lipinski definition) is 2. The molecule has 8 atom stereocenters. The van der Waals surface area contributed by atoms with Crippen molar-refractivity contribution in [3.63, 3.8) is 0 Å². The maximum absolute atomic E-state index is 12.6. The highest BCUT2D eigenvalue weighted by Gasteiger charge is 2.60. The van der Waals surface area contributed by atoms with Gasteiger partial charge >= 0.3 is 11.7 Å². The van der Waals surface area contributed by atoms with Crippen molar-refractivity contribution in [2.24, 2.45) is 34.3 Å². The van der Waals surface area contributed by atoms with E-state index in [1.807, 2.05) is 13.0 Å². The van der Waals surface area contributed by atoms with Crippen LogP contribution in [-0.4, -0.2) is 53.8 Å². The van der Waals surface area contributed by atoms with Crippen LogP contribution in [0.2, 0.25) is 0 Å². The molecule has 4 fully saturated rings. The second-order valence-electron chi connectivity index (χ2n) is 13.5. The first-order chi connectivity index (χ1) is 18.6. The molecule has 212 valence electrons. The molecule has 8 nitrogen and oxygen atoms in total. The first-order valence-electron chi connectivity index (χ1n) is 15.1. The molecule has 1 unspecified atom stereocenters. The maximum Gasteiger partial charge on any atom is 0.359 e. The summed E-state index contributed by atoms with van der Waals surface area (Å²) in [5.41, 5.74) is 8.81. The number of nitrogens with one attached hydrogen (secondary N) is 1. The summed E-state index contributed by atoms with van der Waals surface area (Å²) in [6.07, 6.45) is 13.3. The molecule has 5 aliphatic rings. The lowest BCUT2D eigenvalue weighted by atomic mass is 9.45. The van der Waals surface area contributed by atoms with E-state index in [0.717, 1.165) is 37.8 Å². The van der Waals surface area contributed by atoms with Gasteiger partial charge < -0.3 is 15.5 Å². The second kappa shape index (κ2) is 9.50. The Morgan fingerprint density at radius 1 is 1.18 bits per heavy atom. The van der Waals surface area contributed by atoms with Gasteiger partial charge in [0.15, 0.2) is 6.54 Å². The third-order valence-corrected chi connectivity index (χ3v) is 12.1. The molecular weight excluding hydrogens is 492 g/mol. The van der Waals surface area contributed by atoms with E-state index in [9.17, 15) is 14.4 Å². The first kappa shape index (κ1) is 26.6. The van der Waals surface area contributed by atoms with Gasteiger partial charge in [-0.15, -0.1) is 0 Å². The number of amides is 3. The Balaban J connectivity index is 1.24. The molecule has 1 aromatic rings. The molecule has 3 amide bonds. The van der Waals surface area contributed by atoms with E-state index in [4.69, 9.17) is 10.2 Å². The number of carbonyl (C=O) groups excluding carboxylic acids is 2. The highest BCUT2D eigenvalue weighted by molar-refractivity contribution is 5.78. The van der Waals surface area contributed by atoms with Gasteiger partial charge in [0.05, 0.1) is 19.4 Å². The number of nitrogens with two attached hydrogens (primary N) is 1. The molecule has 3 N–H and O–H groups in total. The smallest absolute Gasteiger partial charge is 0.359 e. The Hall–Kier alpha value is -2.61. The van der Waals surface area contributed by atoms with E-state index in [1.165, 1.54) is 25.7 Å². The summed E-state index contributed by atoms with van der Waals surface area (Å²) in [5.74, 6) is 2.27. The molecule has 2 heterocycles. The fourth-order valence-electron chi connectivity index (χ4n) is 10.2. The molecular formula is C31H45N4O4+. The Bertz CT molecular complexity index is 1220.